The number of anilines is 1. The highest BCUT2D eigenvalue weighted by Crippen LogP contribution is 2.49. The predicted octanol–water partition coefficient (Wildman–Crippen LogP) is 3.92. The first kappa shape index (κ1) is 15.1. The molecule has 1 aliphatic carbocycles. The Kier molecular flexibility index (Phi) is 4.50. The lowest BCUT2D eigenvalue weighted by molar-refractivity contribution is 0.809. The number of nitrogens with one attached hydrogen (secondary N) is 1. The van der Waals surface area contributed by atoms with E-state index in [0.29, 0.717) is 35.2 Å². The molecule has 0 amide bonds. The summed E-state index contributed by atoms with van der Waals surface area (Å²) in [6, 6.07) is 11.2. The third-order valence-electron chi connectivity index (χ3n) is 3.70. The Morgan fingerprint density at radius 1 is 1.32 bits per heavy atom. The maximum absolute atomic E-state index is 6.23. The van der Waals surface area contributed by atoms with Crippen molar-refractivity contribution in [3.05, 3.63) is 58.2 Å². The molecule has 1 aromatic heterocycles. The topological polar surface area (TPSA) is 63.3 Å². The van der Waals surface area contributed by atoms with Crippen molar-refractivity contribution in [1.82, 2.24) is 4.98 Å². The maximum atomic E-state index is 6.23. The van der Waals surface area contributed by atoms with Gasteiger partial charge in [-0.25, -0.2) is 4.98 Å². The van der Waals surface area contributed by atoms with Crippen LogP contribution in [-0.4, -0.2) is 17.5 Å². The molecule has 0 unspecified atom stereocenters. The minimum absolute atomic E-state index is 0.381. The van der Waals surface area contributed by atoms with E-state index in [2.05, 4.69) is 15.3 Å². The molecule has 1 fully saturated rings. The number of aliphatic imine (C=N–C) groups is 1. The van der Waals surface area contributed by atoms with Crippen LogP contribution in [0.15, 0.2) is 47.6 Å². The zero-order valence-corrected chi connectivity index (χ0v) is 13.3. The van der Waals surface area contributed by atoms with Crippen molar-refractivity contribution in [3.63, 3.8) is 0 Å². The molecule has 0 saturated heterocycles. The van der Waals surface area contributed by atoms with E-state index >= 15 is 0 Å². The Balaban J connectivity index is 1.56. The van der Waals surface area contributed by atoms with Gasteiger partial charge in [0.2, 0.25) is 0 Å². The zero-order valence-electron chi connectivity index (χ0n) is 11.8. The van der Waals surface area contributed by atoms with Gasteiger partial charge in [0.1, 0.15) is 5.82 Å². The second kappa shape index (κ2) is 6.55. The lowest BCUT2D eigenvalue weighted by Crippen LogP contribution is -2.23. The van der Waals surface area contributed by atoms with Crippen LogP contribution in [-0.2, 0) is 0 Å². The molecule has 4 nitrogen and oxygen atoms in total. The van der Waals surface area contributed by atoms with E-state index in [1.807, 2.05) is 30.3 Å². The SMILES string of the molecule is NC(=NC[C@@H]1C[C@H]1c1ccc(Cl)cc1Cl)Nc1ccccn1. The molecule has 114 valence electrons. The third-order valence-corrected chi connectivity index (χ3v) is 4.26. The maximum Gasteiger partial charge on any atom is 0.194 e. The largest absolute Gasteiger partial charge is 0.370 e. The monoisotopic (exact) mass is 334 g/mol. The Morgan fingerprint density at radius 2 is 2.18 bits per heavy atom. The van der Waals surface area contributed by atoms with Crippen molar-refractivity contribution in [2.45, 2.75) is 12.3 Å². The van der Waals surface area contributed by atoms with Crippen LogP contribution >= 0.6 is 23.2 Å². The first-order chi connectivity index (χ1) is 10.6. The van der Waals surface area contributed by atoms with E-state index in [1.165, 1.54) is 0 Å². The molecule has 1 saturated carbocycles. The highest BCUT2D eigenvalue weighted by atomic mass is 35.5. The molecule has 1 aliphatic rings. The fourth-order valence-corrected chi connectivity index (χ4v) is 3.00. The van der Waals surface area contributed by atoms with Crippen LogP contribution in [0.2, 0.25) is 10.0 Å². The van der Waals surface area contributed by atoms with Gasteiger partial charge >= 0.3 is 0 Å². The molecule has 0 aliphatic heterocycles. The van der Waals surface area contributed by atoms with E-state index in [0.717, 1.165) is 17.0 Å². The van der Waals surface area contributed by atoms with E-state index in [1.54, 1.807) is 12.3 Å². The molecule has 2 aromatic rings. The van der Waals surface area contributed by atoms with Crippen LogP contribution in [0.1, 0.15) is 17.9 Å². The summed E-state index contributed by atoms with van der Waals surface area (Å²) >= 11 is 12.2. The van der Waals surface area contributed by atoms with Gasteiger partial charge in [-0.1, -0.05) is 35.3 Å². The first-order valence-electron chi connectivity index (χ1n) is 7.06. The summed E-state index contributed by atoms with van der Waals surface area (Å²) in [5.41, 5.74) is 7.01. The normalized spacial score (nSPS) is 20.7. The number of rotatable bonds is 4. The molecule has 0 radical (unpaired) electrons. The molecule has 3 N–H and O–H groups in total. The van der Waals surface area contributed by atoms with Gasteiger partial charge in [-0.2, -0.15) is 0 Å². The fourth-order valence-electron chi connectivity index (χ4n) is 2.46. The van der Waals surface area contributed by atoms with Gasteiger partial charge < -0.3 is 11.1 Å². The van der Waals surface area contributed by atoms with Gasteiger partial charge in [-0.15, -0.1) is 0 Å². The second-order valence-corrected chi connectivity index (χ2v) is 6.18. The Bertz CT molecular complexity index is 688. The van der Waals surface area contributed by atoms with Crippen LogP contribution in [0, 0.1) is 5.92 Å². The Labute approximate surface area is 139 Å². The van der Waals surface area contributed by atoms with Crippen molar-refractivity contribution < 1.29 is 0 Å². The van der Waals surface area contributed by atoms with Crippen LogP contribution in [0.25, 0.3) is 0 Å². The number of nitrogens with zero attached hydrogens (tertiary/aromatic N) is 2. The number of halogens is 2. The summed E-state index contributed by atoms with van der Waals surface area (Å²) in [5.74, 6) is 1.99. The van der Waals surface area contributed by atoms with Gasteiger partial charge in [0, 0.05) is 22.8 Å². The molecule has 22 heavy (non-hydrogen) atoms. The number of nitrogens with two attached hydrogens (primary N) is 1. The molecule has 2 atom stereocenters. The standard InChI is InChI=1S/C16H16Cl2N4/c17-11-4-5-12(14(18)8-11)13-7-10(13)9-21-16(19)22-15-3-1-2-6-20-15/h1-6,8,10,13H,7,9H2,(H3,19,20,21,22)/t10-,13+/m0/s1. The summed E-state index contributed by atoms with van der Waals surface area (Å²) in [4.78, 5) is 8.52. The number of guanidine groups is 1. The lowest BCUT2D eigenvalue weighted by atomic mass is 10.1. The van der Waals surface area contributed by atoms with Gasteiger partial charge in [-0.05, 0) is 48.1 Å². The van der Waals surface area contributed by atoms with Gasteiger partial charge in [0.15, 0.2) is 5.96 Å². The lowest BCUT2D eigenvalue weighted by Gasteiger charge is -2.05. The van der Waals surface area contributed by atoms with E-state index in [4.69, 9.17) is 28.9 Å². The van der Waals surface area contributed by atoms with E-state index in [-0.39, 0.29) is 0 Å². The predicted molar refractivity (Wildman–Crippen MR) is 91.7 cm³/mol. The highest BCUT2D eigenvalue weighted by molar-refractivity contribution is 6.35. The molecular formula is C16H16Cl2N4. The van der Waals surface area contributed by atoms with Crippen molar-refractivity contribution in [2.24, 2.45) is 16.6 Å². The Morgan fingerprint density at radius 3 is 2.91 bits per heavy atom. The average molecular weight is 335 g/mol. The number of hydrogen-bond donors (Lipinski definition) is 2. The number of benzene rings is 1. The molecule has 3 rings (SSSR count). The third kappa shape index (κ3) is 3.70. The number of pyridine rings is 1. The van der Waals surface area contributed by atoms with Crippen LogP contribution in [0.3, 0.4) is 0 Å². The second-order valence-electron chi connectivity index (χ2n) is 5.33. The summed E-state index contributed by atoms with van der Waals surface area (Å²) in [5, 5.41) is 4.36. The molecule has 6 heteroatoms. The zero-order chi connectivity index (χ0) is 15.5. The van der Waals surface area contributed by atoms with Crippen molar-refractivity contribution in [2.75, 3.05) is 11.9 Å². The van der Waals surface area contributed by atoms with Gasteiger partial charge in [0.05, 0.1) is 0 Å². The van der Waals surface area contributed by atoms with Crippen LogP contribution < -0.4 is 11.1 Å². The van der Waals surface area contributed by atoms with Gasteiger partial charge in [-0.3, -0.25) is 4.99 Å². The van der Waals surface area contributed by atoms with E-state index < -0.39 is 0 Å². The first-order valence-corrected chi connectivity index (χ1v) is 7.82. The average Bonchev–Trinajstić information content (AvgIpc) is 3.25. The van der Waals surface area contributed by atoms with E-state index in [9.17, 15) is 0 Å². The van der Waals surface area contributed by atoms with Gasteiger partial charge in [0.25, 0.3) is 0 Å². The fraction of sp³-hybridized carbons (Fsp3) is 0.250. The minimum Gasteiger partial charge on any atom is -0.370 e. The molecule has 1 heterocycles. The minimum atomic E-state index is 0.381. The quantitative estimate of drug-likeness (QED) is 0.657. The molecular weight excluding hydrogens is 319 g/mol. The summed E-state index contributed by atoms with van der Waals surface area (Å²) in [6.07, 6.45) is 2.77. The number of aromatic nitrogens is 1. The molecule has 0 bridgehead atoms. The van der Waals surface area contributed by atoms with Crippen molar-refractivity contribution >= 4 is 35.0 Å². The van der Waals surface area contributed by atoms with Crippen LogP contribution in [0.4, 0.5) is 5.82 Å². The molecule has 0 spiro atoms. The smallest absolute Gasteiger partial charge is 0.194 e. The summed E-state index contributed by atoms with van der Waals surface area (Å²) in [7, 11) is 0. The summed E-state index contributed by atoms with van der Waals surface area (Å²) < 4.78 is 0. The summed E-state index contributed by atoms with van der Waals surface area (Å²) in [6.45, 7) is 0.676. The van der Waals surface area contributed by atoms with Crippen molar-refractivity contribution in [3.8, 4) is 0 Å². The highest BCUT2D eigenvalue weighted by Gasteiger charge is 2.39. The number of hydrogen-bond acceptors (Lipinski definition) is 2. The van der Waals surface area contributed by atoms with Crippen molar-refractivity contribution in [1.29, 1.82) is 0 Å². The van der Waals surface area contributed by atoms with Crippen LogP contribution in [0.5, 0.6) is 0 Å². The molecule has 1 aromatic carbocycles. The Hall–Kier alpha value is -1.78.